The van der Waals surface area contributed by atoms with Gasteiger partial charge in [0, 0.05) is 14.1 Å². The van der Waals surface area contributed by atoms with Gasteiger partial charge < -0.3 is 0 Å². The van der Waals surface area contributed by atoms with Crippen LogP contribution in [0.5, 0.6) is 0 Å². The number of aromatic nitrogens is 2. The van der Waals surface area contributed by atoms with Crippen molar-refractivity contribution in [3.63, 3.8) is 0 Å². The average molecular weight is 218 g/mol. The zero-order valence-electron chi connectivity index (χ0n) is 9.43. The van der Waals surface area contributed by atoms with Crippen LogP contribution in [0.2, 0.25) is 0 Å². The van der Waals surface area contributed by atoms with Gasteiger partial charge in [0.15, 0.2) is 0 Å². The Bertz CT molecular complexity index is 574. The van der Waals surface area contributed by atoms with E-state index in [0.717, 1.165) is 4.57 Å². The van der Waals surface area contributed by atoms with Crippen LogP contribution in [0.25, 0.3) is 12.2 Å². The second-order valence-corrected chi connectivity index (χ2v) is 3.30. The Morgan fingerprint density at radius 3 is 2.25 bits per heavy atom. The Labute approximate surface area is 93.5 Å². The smallest absolute Gasteiger partial charge is 0.296 e. The Kier molecular flexibility index (Phi) is 3.45. The zero-order valence-corrected chi connectivity index (χ0v) is 9.43. The number of nitrogens with zero attached hydrogens (tertiary/aromatic N) is 2. The summed E-state index contributed by atoms with van der Waals surface area (Å²) in [5.74, 6) is 0. The molecule has 4 heteroatoms. The quantitative estimate of drug-likeness (QED) is 0.708. The van der Waals surface area contributed by atoms with Crippen molar-refractivity contribution in [1.29, 1.82) is 0 Å². The first-order valence-corrected chi connectivity index (χ1v) is 4.76. The summed E-state index contributed by atoms with van der Waals surface area (Å²) in [6, 6.07) is 0. The third-order valence-electron chi connectivity index (χ3n) is 2.34. The van der Waals surface area contributed by atoms with Crippen LogP contribution in [0.15, 0.2) is 34.9 Å². The van der Waals surface area contributed by atoms with Gasteiger partial charge in [0.2, 0.25) is 0 Å². The van der Waals surface area contributed by atoms with Crippen LogP contribution < -0.4 is 11.2 Å². The molecule has 0 atom stereocenters. The van der Waals surface area contributed by atoms with E-state index in [4.69, 9.17) is 0 Å². The topological polar surface area (TPSA) is 44.0 Å². The van der Waals surface area contributed by atoms with Crippen molar-refractivity contribution in [3.05, 3.63) is 57.4 Å². The van der Waals surface area contributed by atoms with Gasteiger partial charge in [-0.25, -0.2) is 4.79 Å². The van der Waals surface area contributed by atoms with Gasteiger partial charge in [0.05, 0.1) is 11.3 Å². The van der Waals surface area contributed by atoms with Gasteiger partial charge in [-0.3, -0.25) is 13.9 Å². The molecule has 0 fully saturated rings. The second kappa shape index (κ2) is 4.61. The predicted molar refractivity (Wildman–Crippen MR) is 66.2 cm³/mol. The predicted octanol–water partition coefficient (Wildman–Crippen LogP) is 0.926. The molecule has 84 valence electrons. The molecule has 1 rings (SSSR count). The normalized spacial score (nSPS) is 10.6. The van der Waals surface area contributed by atoms with Crippen molar-refractivity contribution in [2.45, 2.75) is 0 Å². The third kappa shape index (κ3) is 1.82. The molecule has 0 unspecified atom stereocenters. The Morgan fingerprint density at radius 2 is 1.75 bits per heavy atom. The van der Waals surface area contributed by atoms with Crippen LogP contribution >= 0.6 is 0 Å². The molecule has 0 aliphatic rings. The molecule has 0 spiro atoms. The summed E-state index contributed by atoms with van der Waals surface area (Å²) < 4.78 is 2.46. The van der Waals surface area contributed by atoms with E-state index in [1.807, 2.05) is 0 Å². The lowest BCUT2D eigenvalue weighted by atomic mass is 10.2. The highest BCUT2D eigenvalue weighted by Crippen LogP contribution is 2.05. The highest BCUT2D eigenvalue weighted by atomic mass is 16.2. The summed E-state index contributed by atoms with van der Waals surface area (Å²) in [5, 5.41) is 0. The molecule has 0 saturated heterocycles. The summed E-state index contributed by atoms with van der Waals surface area (Å²) in [6.45, 7) is 7.12. The molecule has 0 aliphatic heterocycles. The Hall–Kier alpha value is -2.10. The van der Waals surface area contributed by atoms with Crippen LogP contribution in [-0.4, -0.2) is 9.13 Å². The molecule has 1 aromatic heterocycles. The Morgan fingerprint density at radius 1 is 1.12 bits per heavy atom. The van der Waals surface area contributed by atoms with Gasteiger partial charge in [-0.1, -0.05) is 31.4 Å². The van der Waals surface area contributed by atoms with Gasteiger partial charge in [-0.2, -0.15) is 0 Å². The van der Waals surface area contributed by atoms with E-state index in [2.05, 4.69) is 13.2 Å². The minimum absolute atomic E-state index is 0.346. The number of hydrogen-bond donors (Lipinski definition) is 0. The number of allylic oxidation sites excluding steroid dienone is 2. The van der Waals surface area contributed by atoms with Crippen LogP contribution in [0.1, 0.15) is 11.3 Å². The second-order valence-electron chi connectivity index (χ2n) is 3.30. The molecule has 4 nitrogen and oxygen atoms in total. The fourth-order valence-corrected chi connectivity index (χ4v) is 1.44. The molecule has 0 aromatic carbocycles. The lowest BCUT2D eigenvalue weighted by Crippen LogP contribution is -2.39. The van der Waals surface area contributed by atoms with Crippen molar-refractivity contribution < 1.29 is 0 Å². The lowest BCUT2D eigenvalue weighted by Gasteiger charge is -2.09. The lowest BCUT2D eigenvalue weighted by molar-refractivity contribution is 0.678. The molecule has 0 amide bonds. The third-order valence-corrected chi connectivity index (χ3v) is 2.34. The summed E-state index contributed by atoms with van der Waals surface area (Å²) >= 11 is 0. The molecule has 0 saturated carbocycles. The van der Waals surface area contributed by atoms with E-state index < -0.39 is 0 Å². The van der Waals surface area contributed by atoms with Gasteiger partial charge >= 0.3 is 5.69 Å². The van der Waals surface area contributed by atoms with Crippen molar-refractivity contribution in [3.8, 4) is 0 Å². The van der Waals surface area contributed by atoms with Crippen molar-refractivity contribution in [2.75, 3.05) is 0 Å². The van der Waals surface area contributed by atoms with E-state index in [0.29, 0.717) is 11.3 Å². The van der Waals surface area contributed by atoms with E-state index in [9.17, 15) is 9.59 Å². The summed E-state index contributed by atoms with van der Waals surface area (Å²) in [5.41, 5.74) is 0.229. The first-order valence-electron chi connectivity index (χ1n) is 4.76. The highest BCUT2D eigenvalue weighted by molar-refractivity contribution is 5.61. The fraction of sp³-hybridized carbons (Fsp3) is 0.167. The molecule has 0 radical (unpaired) electrons. The first-order chi connectivity index (χ1) is 7.54. The van der Waals surface area contributed by atoms with E-state index >= 15 is 0 Å². The minimum Gasteiger partial charge on any atom is -0.296 e. The van der Waals surface area contributed by atoms with Gasteiger partial charge in [-0.15, -0.1) is 0 Å². The molecular formula is C12H14N2O2. The monoisotopic (exact) mass is 218 g/mol. The SMILES string of the molecule is C=C/C=C\c1c(C=C)c(=O)n(C)c(=O)n1C. The van der Waals surface area contributed by atoms with E-state index in [1.54, 1.807) is 25.3 Å². The van der Waals surface area contributed by atoms with Crippen molar-refractivity contribution in [2.24, 2.45) is 14.1 Å². The highest BCUT2D eigenvalue weighted by Gasteiger charge is 2.10. The molecule has 0 aliphatic carbocycles. The summed E-state index contributed by atoms with van der Waals surface area (Å²) in [6.07, 6.45) is 6.35. The molecule has 1 aromatic rings. The maximum absolute atomic E-state index is 11.8. The largest absolute Gasteiger partial charge is 0.330 e. The first kappa shape index (κ1) is 12.0. The summed E-state index contributed by atoms with van der Waals surface area (Å²) in [4.78, 5) is 23.4. The standard InChI is InChI=1S/C12H14N2O2/c1-5-7-8-10-9(6-2)11(15)14(4)12(16)13(10)3/h5-8H,1-2H2,3-4H3/b8-7-. The van der Waals surface area contributed by atoms with Crippen molar-refractivity contribution in [1.82, 2.24) is 9.13 Å². The van der Waals surface area contributed by atoms with Crippen molar-refractivity contribution >= 4 is 12.2 Å². The molecule has 0 N–H and O–H groups in total. The average Bonchev–Trinajstić information content (AvgIpc) is 2.29. The maximum Gasteiger partial charge on any atom is 0.330 e. The van der Waals surface area contributed by atoms with Gasteiger partial charge in [-0.05, 0) is 6.08 Å². The maximum atomic E-state index is 11.8. The molecule has 0 bridgehead atoms. The fourth-order valence-electron chi connectivity index (χ4n) is 1.44. The van der Waals surface area contributed by atoms with E-state index in [-0.39, 0.29) is 11.2 Å². The molecule has 16 heavy (non-hydrogen) atoms. The number of rotatable bonds is 3. The molecule has 1 heterocycles. The Balaban J connectivity index is 3.78. The summed E-state index contributed by atoms with van der Waals surface area (Å²) in [7, 11) is 3.05. The van der Waals surface area contributed by atoms with Crippen LogP contribution in [0, 0.1) is 0 Å². The van der Waals surface area contributed by atoms with Crippen LogP contribution in [0.4, 0.5) is 0 Å². The van der Waals surface area contributed by atoms with E-state index in [1.165, 1.54) is 17.7 Å². The number of hydrogen-bond acceptors (Lipinski definition) is 2. The molecular weight excluding hydrogens is 204 g/mol. The van der Waals surface area contributed by atoms with Crippen LogP contribution in [-0.2, 0) is 14.1 Å². The van der Waals surface area contributed by atoms with Crippen LogP contribution in [0.3, 0.4) is 0 Å². The van der Waals surface area contributed by atoms with Gasteiger partial charge in [0.25, 0.3) is 5.56 Å². The zero-order chi connectivity index (χ0) is 12.3. The minimum atomic E-state index is -0.362. The van der Waals surface area contributed by atoms with Gasteiger partial charge in [0.1, 0.15) is 0 Å².